The third-order valence-electron chi connectivity index (χ3n) is 4.57. The van der Waals surface area contributed by atoms with Crippen molar-refractivity contribution in [3.63, 3.8) is 0 Å². The first-order valence-electron chi connectivity index (χ1n) is 8.99. The highest BCUT2D eigenvalue weighted by Crippen LogP contribution is 2.34. The number of carbonyl (C=O) groups is 1. The van der Waals surface area contributed by atoms with Crippen molar-refractivity contribution in [2.24, 2.45) is 0 Å². The lowest BCUT2D eigenvalue weighted by Crippen LogP contribution is -2.02. The molecule has 0 aliphatic heterocycles. The van der Waals surface area contributed by atoms with Gasteiger partial charge in [-0.25, -0.2) is 9.78 Å². The maximum absolute atomic E-state index is 12.5. The lowest BCUT2D eigenvalue weighted by atomic mass is 10.1. The molecule has 0 spiro atoms. The van der Waals surface area contributed by atoms with E-state index in [9.17, 15) is 14.7 Å². The van der Waals surface area contributed by atoms with Crippen LogP contribution in [-0.4, -0.2) is 16.1 Å². The summed E-state index contributed by atoms with van der Waals surface area (Å²) in [4.78, 5) is 29.1. The zero-order valence-corrected chi connectivity index (χ0v) is 17.0. The van der Waals surface area contributed by atoms with Crippen molar-refractivity contribution in [1.82, 2.24) is 4.98 Å². The standard InChI is InChI=1S/C22H16ClNO4S/c1-2-12-3-5-13(6-4-12)20-18(11-19(25)26)29-21(24-20)16-10-14-9-15(23)7-8-17(14)28-22(16)27/h3-10H,2,11H2,1H3,(H,25,26). The van der Waals surface area contributed by atoms with Crippen LogP contribution in [0.1, 0.15) is 17.4 Å². The first-order valence-corrected chi connectivity index (χ1v) is 10.2. The Balaban J connectivity index is 1.87. The number of rotatable bonds is 5. The van der Waals surface area contributed by atoms with Crippen molar-refractivity contribution < 1.29 is 14.3 Å². The number of aromatic nitrogens is 1. The van der Waals surface area contributed by atoms with E-state index in [0.29, 0.717) is 31.6 Å². The van der Waals surface area contributed by atoms with Crippen molar-refractivity contribution in [2.75, 3.05) is 0 Å². The van der Waals surface area contributed by atoms with Crippen LogP contribution < -0.4 is 5.63 Å². The van der Waals surface area contributed by atoms with E-state index in [0.717, 1.165) is 12.0 Å². The first kappa shape index (κ1) is 19.4. The quantitative estimate of drug-likeness (QED) is 0.431. The second kappa shape index (κ2) is 7.81. The first-order chi connectivity index (χ1) is 13.9. The maximum Gasteiger partial charge on any atom is 0.346 e. The summed E-state index contributed by atoms with van der Waals surface area (Å²) in [5.74, 6) is -0.955. The highest BCUT2D eigenvalue weighted by molar-refractivity contribution is 7.15. The van der Waals surface area contributed by atoms with Crippen LogP contribution in [0, 0.1) is 0 Å². The second-order valence-corrected chi connectivity index (χ2v) is 8.06. The molecule has 2 aromatic heterocycles. The molecule has 7 heteroatoms. The van der Waals surface area contributed by atoms with E-state index < -0.39 is 11.6 Å². The van der Waals surface area contributed by atoms with Gasteiger partial charge in [0.25, 0.3) is 0 Å². The van der Waals surface area contributed by atoms with Gasteiger partial charge in [0.05, 0.1) is 17.7 Å². The molecule has 0 saturated carbocycles. The molecule has 2 heterocycles. The Labute approximate surface area is 175 Å². The normalized spacial score (nSPS) is 11.1. The lowest BCUT2D eigenvalue weighted by molar-refractivity contribution is -0.136. The van der Waals surface area contributed by atoms with Gasteiger partial charge in [0.2, 0.25) is 0 Å². The van der Waals surface area contributed by atoms with Crippen LogP contribution in [0.15, 0.2) is 57.7 Å². The number of thiazole rings is 1. The molecule has 4 aromatic rings. The minimum absolute atomic E-state index is 0.173. The van der Waals surface area contributed by atoms with Gasteiger partial charge in [0, 0.05) is 20.8 Å². The fraction of sp³-hybridized carbons (Fsp3) is 0.136. The summed E-state index contributed by atoms with van der Waals surface area (Å²) in [7, 11) is 0. The van der Waals surface area contributed by atoms with Gasteiger partial charge < -0.3 is 9.52 Å². The van der Waals surface area contributed by atoms with Gasteiger partial charge in [0.15, 0.2) is 0 Å². The Morgan fingerprint density at radius 2 is 1.93 bits per heavy atom. The molecular weight excluding hydrogens is 410 g/mol. The molecule has 146 valence electrons. The number of fused-ring (bicyclic) bond motifs is 1. The summed E-state index contributed by atoms with van der Waals surface area (Å²) in [5, 5.41) is 10.9. The van der Waals surface area contributed by atoms with E-state index in [1.54, 1.807) is 24.3 Å². The third-order valence-corrected chi connectivity index (χ3v) is 5.89. The van der Waals surface area contributed by atoms with Gasteiger partial charge in [-0.2, -0.15) is 0 Å². The lowest BCUT2D eigenvalue weighted by Gasteiger charge is -2.02. The van der Waals surface area contributed by atoms with Gasteiger partial charge in [-0.3, -0.25) is 4.79 Å². The molecule has 0 fully saturated rings. The number of hydrogen-bond donors (Lipinski definition) is 1. The Morgan fingerprint density at radius 1 is 1.17 bits per heavy atom. The number of benzene rings is 2. The predicted octanol–water partition coefficient (Wildman–Crippen LogP) is 5.43. The molecule has 0 amide bonds. The highest BCUT2D eigenvalue weighted by Gasteiger charge is 2.19. The van der Waals surface area contributed by atoms with E-state index in [-0.39, 0.29) is 12.0 Å². The van der Waals surface area contributed by atoms with Crippen LogP contribution >= 0.6 is 22.9 Å². The van der Waals surface area contributed by atoms with Gasteiger partial charge in [-0.15, -0.1) is 11.3 Å². The average molecular weight is 426 g/mol. The van der Waals surface area contributed by atoms with Crippen molar-refractivity contribution >= 4 is 39.9 Å². The topological polar surface area (TPSA) is 80.4 Å². The third kappa shape index (κ3) is 3.95. The van der Waals surface area contributed by atoms with Crippen LogP contribution in [0.4, 0.5) is 0 Å². The molecular formula is C22H16ClNO4S. The molecule has 0 unspecified atom stereocenters. The van der Waals surface area contributed by atoms with Crippen LogP contribution in [0.2, 0.25) is 5.02 Å². The summed E-state index contributed by atoms with van der Waals surface area (Å²) in [5.41, 5.74) is 2.75. The van der Waals surface area contributed by atoms with Crippen LogP contribution in [0.3, 0.4) is 0 Å². The number of carboxylic acids is 1. The number of carboxylic acid groups (broad SMARTS) is 1. The molecule has 29 heavy (non-hydrogen) atoms. The Morgan fingerprint density at radius 3 is 2.62 bits per heavy atom. The van der Waals surface area contributed by atoms with Crippen molar-refractivity contribution in [3.8, 4) is 21.8 Å². The number of aryl methyl sites for hydroxylation is 1. The van der Waals surface area contributed by atoms with E-state index in [1.165, 1.54) is 16.9 Å². The van der Waals surface area contributed by atoms with Gasteiger partial charge in [0.1, 0.15) is 10.6 Å². The minimum Gasteiger partial charge on any atom is -0.481 e. The highest BCUT2D eigenvalue weighted by atomic mass is 35.5. The molecule has 0 bridgehead atoms. The molecule has 0 aliphatic rings. The second-order valence-electron chi connectivity index (χ2n) is 6.54. The average Bonchev–Trinajstić information content (AvgIpc) is 3.10. The maximum atomic E-state index is 12.5. The molecule has 5 nitrogen and oxygen atoms in total. The summed E-state index contributed by atoms with van der Waals surface area (Å²) in [6, 6.07) is 14.5. The van der Waals surface area contributed by atoms with Gasteiger partial charge in [-0.1, -0.05) is 42.8 Å². The number of aliphatic carboxylic acids is 1. The minimum atomic E-state index is -0.955. The smallest absolute Gasteiger partial charge is 0.346 e. The summed E-state index contributed by atoms with van der Waals surface area (Å²) in [6.07, 6.45) is 0.735. The number of nitrogens with zero attached hydrogens (tertiary/aromatic N) is 1. The monoisotopic (exact) mass is 425 g/mol. The SMILES string of the molecule is CCc1ccc(-c2nc(-c3cc4cc(Cl)ccc4oc3=O)sc2CC(=O)O)cc1. The van der Waals surface area contributed by atoms with E-state index in [1.807, 2.05) is 24.3 Å². The van der Waals surface area contributed by atoms with Crippen molar-refractivity contribution in [3.05, 3.63) is 74.4 Å². The summed E-state index contributed by atoms with van der Waals surface area (Å²) in [6.45, 7) is 2.07. The van der Waals surface area contributed by atoms with E-state index in [4.69, 9.17) is 16.0 Å². The van der Waals surface area contributed by atoms with Crippen LogP contribution in [0.25, 0.3) is 32.8 Å². The zero-order valence-electron chi connectivity index (χ0n) is 15.4. The van der Waals surface area contributed by atoms with Gasteiger partial charge in [-0.05, 0) is 36.2 Å². The van der Waals surface area contributed by atoms with E-state index >= 15 is 0 Å². The van der Waals surface area contributed by atoms with Crippen molar-refractivity contribution in [1.29, 1.82) is 0 Å². The number of hydrogen-bond acceptors (Lipinski definition) is 5. The molecule has 0 aliphatic carbocycles. The fourth-order valence-corrected chi connectivity index (χ4v) is 4.35. The Hall–Kier alpha value is -2.96. The summed E-state index contributed by atoms with van der Waals surface area (Å²) >= 11 is 7.24. The van der Waals surface area contributed by atoms with Crippen molar-refractivity contribution in [2.45, 2.75) is 19.8 Å². The fourth-order valence-electron chi connectivity index (χ4n) is 3.09. The Bertz CT molecular complexity index is 1270. The van der Waals surface area contributed by atoms with E-state index in [2.05, 4.69) is 11.9 Å². The van der Waals surface area contributed by atoms with Gasteiger partial charge >= 0.3 is 11.6 Å². The zero-order chi connectivity index (χ0) is 20.5. The molecule has 4 rings (SSSR count). The van der Waals surface area contributed by atoms with Crippen LogP contribution in [-0.2, 0) is 17.6 Å². The molecule has 1 N–H and O–H groups in total. The molecule has 0 radical (unpaired) electrons. The molecule has 2 aromatic carbocycles. The van der Waals surface area contributed by atoms with Crippen LogP contribution in [0.5, 0.6) is 0 Å². The summed E-state index contributed by atoms with van der Waals surface area (Å²) < 4.78 is 5.40. The molecule has 0 saturated heterocycles. The predicted molar refractivity (Wildman–Crippen MR) is 115 cm³/mol. The largest absolute Gasteiger partial charge is 0.481 e. The molecule has 0 atom stereocenters. The number of halogens is 1. The Kier molecular flexibility index (Phi) is 5.22.